The molecule has 82 valence electrons. The highest BCUT2D eigenvalue weighted by molar-refractivity contribution is 5.72. The first-order valence-corrected chi connectivity index (χ1v) is 3.99. The van der Waals surface area contributed by atoms with E-state index in [0.29, 0.717) is 0 Å². The minimum absolute atomic E-state index is 0.350. The fourth-order valence-corrected chi connectivity index (χ4v) is 1.19. The molecule has 0 aliphatic rings. The largest absolute Gasteiger partial charge is 0.493 e. The predicted molar refractivity (Wildman–Crippen MR) is 48.7 cm³/mol. The van der Waals surface area contributed by atoms with Gasteiger partial charge in [-0.2, -0.15) is 0 Å². The fraction of sp³-hybridized carbons (Fsp3) is 0.222. The molecule has 0 aliphatic carbocycles. The molecule has 0 spiro atoms. The van der Waals surface area contributed by atoms with E-state index >= 15 is 0 Å². The van der Waals surface area contributed by atoms with Crippen molar-refractivity contribution in [1.82, 2.24) is 0 Å². The summed E-state index contributed by atoms with van der Waals surface area (Å²) in [7, 11) is 1.11. The monoisotopic (exact) mass is 217 g/mol. The number of rotatable bonds is 3. The summed E-state index contributed by atoms with van der Waals surface area (Å²) in [5.74, 6) is -3.59. The van der Waals surface area contributed by atoms with Gasteiger partial charge in [0.2, 0.25) is 0 Å². The highest BCUT2D eigenvalue weighted by Gasteiger charge is 2.19. The van der Waals surface area contributed by atoms with Gasteiger partial charge in [-0.25, -0.2) is 8.78 Å². The molecule has 0 bridgehead atoms. The summed E-state index contributed by atoms with van der Waals surface area (Å²) in [5, 5.41) is 8.50. The zero-order valence-electron chi connectivity index (χ0n) is 7.88. The number of methoxy groups -OCH3 is 1. The molecular weight excluding hydrogens is 208 g/mol. The first kappa shape index (κ1) is 11.2. The number of ether oxygens (including phenoxy) is 1. The molecule has 3 N–H and O–H groups in total. The number of benzene rings is 1. The van der Waals surface area contributed by atoms with E-state index in [4.69, 9.17) is 10.8 Å². The Balaban J connectivity index is 3.35. The number of carboxylic acid groups (broad SMARTS) is 1. The average Bonchev–Trinajstić information content (AvgIpc) is 2.14. The van der Waals surface area contributed by atoms with Crippen molar-refractivity contribution in [2.45, 2.75) is 6.42 Å². The van der Waals surface area contributed by atoms with Gasteiger partial charge in [-0.3, -0.25) is 4.79 Å². The van der Waals surface area contributed by atoms with Gasteiger partial charge < -0.3 is 15.6 Å². The molecule has 0 atom stereocenters. The maximum Gasteiger partial charge on any atom is 0.308 e. The molecule has 0 radical (unpaired) electrons. The van der Waals surface area contributed by atoms with Crippen LogP contribution in [0.4, 0.5) is 14.5 Å². The van der Waals surface area contributed by atoms with Crippen LogP contribution in [0.15, 0.2) is 6.07 Å². The molecule has 0 heterocycles. The minimum atomic E-state index is -1.28. The molecule has 0 unspecified atom stereocenters. The van der Waals surface area contributed by atoms with Crippen molar-refractivity contribution in [2.24, 2.45) is 0 Å². The van der Waals surface area contributed by atoms with E-state index in [1.165, 1.54) is 0 Å². The number of hydrogen-bond acceptors (Lipinski definition) is 3. The molecule has 0 amide bonds. The molecule has 6 heteroatoms. The highest BCUT2D eigenvalue weighted by atomic mass is 19.1. The van der Waals surface area contributed by atoms with Crippen molar-refractivity contribution in [3.63, 3.8) is 0 Å². The van der Waals surface area contributed by atoms with Gasteiger partial charge in [0.05, 0.1) is 19.2 Å². The van der Waals surface area contributed by atoms with Gasteiger partial charge in [-0.15, -0.1) is 0 Å². The second kappa shape index (κ2) is 4.12. The summed E-state index contributed by atoms with van der Waals surface area (Å²) < 4.78 is 31.1. The Morgan fingerprint density at radius 3 is 2.67 bits per heavy atom. The van der Waals surface area contributed by atoms with E-state index in [1.54, 1.807) is 0 Å². The Labute approximate surface area is 84.3 Å². The average molecular weight is 217 g/mol. The molecule has 1 aromatic rings. The zero-order valence-corrected chi connectivity index (χ0v) is 7.88. The molecule has 15 heavy (non-hydrogen) atoms. The summed E-state index contributed by atoms with van der Waals surface area (Å²) in [5.41, 5.74) is 4.39. The molecule has 0 saturated carbocycles. The third kappa shape index (κ3) is 2.15. The molecule has 0 aliphatic heterocycles. The van der Waals surface area contributed by atoms with Gasteiger partial charge in [-0.05, 0) is 0 Å². The number of anilines is 1. The maximum atomic E-state index is 13.3. The van der Waals surface area contributed by atoms with Crippen molar-refractivity contribution < 1.29 is 23.4 Å². The van der Waals surface area contributed by atoms with Crippen LogP contribution < -0.4 is 10.5 Å². The van der Waals surface area contributed by atoms with Crippen LogP contribution in [0.5, 0.6) is 5.75 Å². The summed E-state index contributed by atoms with van der Waals surface area (Å²) in [6.45, 7) is 0. The number of carboxylic acids is 1. The van der Waals surface area contributed by atoms with E-state index in [9.17, 15) is 13.6 Å². The fourth-order valence-electron chi connectivity index (χ4n) is 1.19. The second-order valence-corrected chi connectivity index (χ2v) is 2.84. The first-order chi connectivity index (χ1) is 6.97. The van der Waals surface area contributed by atoms with Crippen LogP contribution in [0.2, 0.25) is 0 Å². The number of carbonyl (C=O) groups is 1. The van der Waals surface area contributed by atoms with E-state index in [2.05, 4.69) is 4.74 Å². The van der Waals surface area contributed by atoms with Gasteiger partial charge in [-0.1, -0.05) is 0 Å². The lowest BCUT2D eigenvalue weighted by atomic mass is 10.1. The first-order valence-electron chi connectivity index (χ1n) is 3.99. The number of nitrogen functional groups attached to an aromatic ring is 1. The highest BCUT2D eigenvalue weighted by Crippen LogP contribution is 2.30. The molecule has 4 nitrogen and oxygen atoms in total. The van der Waals surface area contributed by atoms with Gasteiger partial charge in [0.25, 0.3) is 0 Å². The minimum Gasteiger partial charge on any atom is -0.493 e. The molecule has 0 aromatic heterocycles. The van der Waals surface area contributed by atoms with E-state index < -0.39 is 35.5 Å². The van der Waals surface area contributed by atoms with Crippen molar-refractivity contribution in [3.05, 3.63) is 23.3 Å². The Morgan fingerprint density at radius 1 is 1.60 bits per heavy atom. The van der Waals surface area contributed by atoms with Gasteiger partial charge in [0.15, 0.2) is 11.6 Å². The number of halogens is 2. The van der Waals surface area contributed by atoms with Crippen LogP contribution in [0.1, 0.15) is 5.56 Å². The molecule has 0 saturated heterocycles. The van der Waals surface area contributed by atoms with Crippen LogP contribution in [-0.2, 0) is 11.2 Å². The summed E-state index contributed by atoms with van der Waals surface area (Å²) in [6.07, 6.45) is -0.661. The number of hydrogen-bond donors (Lipinski definition) is 2. The summed E-state index contributed by atoms with van der Waals surface area (Å²) >= 11 is 0. The van der Waals surface area contributed by atoms with Crippen LogP contribution in [0.25, 0.3) is 0 Å². The third-order valence-electron chi connectivity index (χ3n) is 1.83. The van der Waals surface area contributed by atoms with E-state index in [1.807, 2.05) is 0 Å². The zero-order chi connectivity index (χ0) is 11.6. The normalized spacial score (nSPS) is 10.1. The van der Waals surface area contributed by atoms with Crippen LogP contribution in [-0.4, -0.2) is 18.2 Å². The summed E-state index contributed by atoms with van der Waals surface area (Å²) in [4.78, 5) is 10.4. The smallest absolute Gasteiger partial charge is 0.308 e. The second-order valence-electron chi connectivity index (χ2n) is 2.84. The Kier molecular flexibility index (Phi) is 3.08. The van der Waals surface area contributed by atoms with Gasteiger partial charge in [0.1, 0.15) is 5.82 Å². The van der Waals surface area contributed by atoms with Gasteiger partial charge >= 0.3 is 5.97 Å². The van der Waals surface area contributed by atoms with Crippen LogP contribution in [0, 0.1) is 11.6 Å². The predicted octanol–water partition coefficient (Wildman–Crippen LogP) is 1.18. The number of aliphatic carboxylic acids is 1. The SMILES string of the molecule is COc1c(F)c(N)cc(F)c1CC(=O)O. The molecule has 1 rings (SSSR count). The van der Waals surface area contributed by atoms with Gasteiger partial charge in [0, 0.05) is 11.6 Å². The van der Waals surface area contributed by atoms with Crippen molar-refractivity contribution in [3.8, 4) is 5.75 Å². The lowest BCUT2D eigenvalue weighted by molar-refractivity contribution is -0.136. The number of nitrogens with two attached hydrogens (primary N) is 1. The Morgan fingerprint density at radius 2 is 2.20 bits per heavy atom. The lowest BCUT2D eigenvalue weighted by Gasteiger charge is -2.10. The van der Waals surface area contributed by atoms with Crippen molar-refractivity contribution in [2.75, 3.05) is 12.8 Å². The topological polar surface area (TPSA) is 72.5 Å². The van der Waals surface area contributed by atoms with Crippen molar-refractivity contribution >= 4 is 11.7 Å². The third-order valence-corrected chi connectivity index (χ3v) is 1.83. The van der Waals surface area contributed by atoms with Crippen molar-refractivity contribution in [1.29, 1.82) is 0 Å². The Bertz CT molecular complexity index is 407. The molecule has 0 fully saturated rings. The molecule has 1 aromatic carbocycles. The van der Waals surface area contributed by atoms with Crippen LogP contribution >= 0.6 is 0 Å². The molecular formula is C9H9F2NO3. The quantitative estimate of drug-likeness (QED) is 0.746. The van der Waals surface area contributed by atoms with E-state index in [0.717, 1.165) is 13.2 Å². The maximum absolute atomic E-state index is 13.3. The standard InChI is InChI=1S/C9H9F2NO3/c1-15-9-4(2-7(13)14)5(10)3-6(12)8(9)11/h3H,2,12H2,1H3,(H,13,14). The summed E-state index contributed by atoms with van der Waals surface area (Å²) in [6, 6.07) is 0.732. The van der Waals surface area contributed by atoms with E-state index in [-0.39, 0.29) is 5.56 Å². The lowest BCUT2D eigenvalue weighted by Crippen LogP contribution is -2.08. The van der Waals surface area contributed by atoms with Crippen LogP contribution in [0.3, 0.4) is 0 Å². The Hall–Kier alpha value is -1.85.